The summed E-state index contributed by atoms with van der Waals surface area (Å²) in [6.45, 7) is 14.8. The lowest BCUT2D eigenvalue weighted by Gasteiger charge is -2.49. The number of hydrogen-bond acceptors (Lipinski definition) is 3. The molecule has 0 aromatic rings. The average molecular weight is 385 g/mol. The summed E-state index contributed by atoms with van der Waals surface area (Å²) in [6, 6.07) is 0. The molecule has 0 unspecified atom stereocenters. The van der Waals surface area contributed by atoms with Gasteiger partial charge < -0.3 is 9.47 Å². The summed E-state index contributed by atoms with van der Waals surface area (Å²) in [5.74, 6) is 1.51. The van der Waals surface area contributed by atoms with Gasteiger partial charge in [-0.1, -0.05) is 36.3 Å². The maximum absolute atomic E-state index is 12.2. The smallest absolute Gasteiger partial charge is 0.339 e. The van der Waals surface area contributed by atoms with Crippen LogP contribution in [-0.2, 0) is 14.3 Å². The number of esters is 1. The van der Waals surface area contributed by atoms with Gasteiger partial charge in [-0.05, 0) is 77.2 Å². The van der Waals surface area contributed by atoms with Crippen LogP contribution in [0.1, 0.15) is 66.7 Å². The molecular weight excluding hydrogens is 348 g/mol. The normalized spacial score (nSPS) is 28.9. The third-order valence-corrected chi connectivity index (χ3v) is 6.15. The Balaban J connectivity index is 2.53. The Kier molecular flexibility index (Phi) is 7.14. The number of carbonyl (C=O) groups excluding carboxylic acids is 1. The fourth-order valence-corrected chi connectivity index (χ4v) is 4.51. The molecule has 28 heavy (non-hydrogen) atoms. The Morgan fingerprint density at radius 2 is 1.96 bits per heavy atom. The first-order chi connectivity index (χ1) is 13.2. The van der Waals surface area contributed by atoms with Crippen molar-refractivity contribution in [1.82, 2.24) is 0 Å². The fraction of sp³-hybridized carbons (Fsp3) is 0.560. The number of hydrogen-bond donors (Lipinski definition) is 0. The number of ether oxygens (including phenoxy) is 2. The zero-order valence-electron chi connectivity index (χ0n) is 18.4. The van der Waals surface area contributed by atoms with Crippen molar-refractivity contribution < 1.29 is 14.3 Å². The molecule has 3 heteroatoms. The van der Waals surface area contributed by atoms with Gasteiger partial charge in [0.05, 0.1) is 18.6 Å². The number of methoxy groups -OCH3 is 1. The quantitative estimate of drug-likeness (QED) is 0.347. The van der Waals surface area contributed by atoms with Crippen molar-refractivity contribution in [2.24, 2.45) is 16.7 Å². The van der Waals surface area contributed by atoms with E-state index in [1.807, 2.05) is 6.08 Å². The molecule has 1 aliphatic heterocycles. The Labute approximate surface area is 170 Å². The minimum atomic E-state index is -0.430. The first-order valence-corrected chi connectivity index (χ1v) is 10.3. The Morgan fingerprint density at radius 3 is 2.54 bits per heavy atom. The second-order valence-electron chi connectivity index (χ2n) is 8.96. The van der Waals surface area contributed by atoms with Gasteiger partial charge in [0.25, 0.3) is 0 Å². The number of fused-ring (bicyclic) bond motifs is 1. The molecule has 2 rings (SSSR count). The van der Waals surface area contributed by atoms with E-state index in [0.29, 0.717) is 18.1 Å². The van der Waals surface area contributed by atoms with E-state index in [1.54, 1.807) is 7.11 Å². The molecule has 0 saturated heterocycles. The van der Waals surface area contributed by atoms with Crippen molar-refractivity contribution in [1.29, 1.82) is 0 Å². The Bertz CT molecular complexity index is 729. The molecule has 0 aromatic heterocycles. The molecule has 154 valence electrons. The van der Waals surface area contributed by atoms with Crippen LogP contribution in [-0.4, -0.2) is 13.1 Å². The van der Waals surface area contributed by atoms with Gasteiger partial charge in [0.2, 0.25) is 0 Å². The monoisotopic (exact) mass is 384 g/mol. The van der Waals surface area contributed by atoms with Crippen LogP contribution < -0.4 is 0 Å². The second kappa shape index (κ2) is 8.98. The van der Waals surface area contributed by atoms with Crippen LogP contribution in [0.2, 0.25) is 0 Å². The minimum Gasteiger partial charge on any atom is -0.500 e. The van der Waals surface area contributed by atoms with Gasteiger partial charge >= 0.3 is 5.97 Å². The van der Waals surface area contributed by atoms with Crippen molar-refractivity contribution in [3.05, 3.63) is 59.6 Å². The highest BCUT2D eigenvalue weighted by molar-refractivity contribution is 5.85. The molecule has 3 atom stereocenters. The SMILES string of the molecule is C=CC[C@@]12C[C@H](CC=C(C)C)[C@@](C)(CCC=C(C)C)C=C1OC(=O)C=C2OC. The van der Waals surface area contributed by atoms with Gasteiger partial charge in [-0.2, -0.15) is 0 Å². The van der Waals surface area contributed by atoms with Crippen LogP contribution in [0.15, 0.2) is 59.6 Å². The Hall–Kier alpha value is -2.03. The van der Waals surface area contributed by atoms with Crippen molar-refractivity contribution in [3.8, 4) is 0 Å². The van der Waals surface area contributed by atoms with Gasteiger partial charge in [0.15, 0.2) is 0 Å². The molecular formula is C25H36O3. The van der Waals surface area contributed by atoms with Gasteiger partial charge in [-0.25, -0.2) is 4.79 Å². The van der Waals surface area contributed by atoms with Crippen LogP contribution in [0.5, 0.6) is 0 Å². The van der Waals surface area contributed by atoms with Crippen LogP contribution in [0, 0.1) is 16.7 Å². The molecule has 0 amide bonds. The molecule has 0 fully saturated rings. The number of allylic oxidation sites excluding steroid dienone is 6. The first-order valence-electron chi connectivity index (χ1n) is 10.3. The van der Waals surface area contributed by atoms with E-state index < -0.39 is 5.41 Å². The molecule has 1 aliphatic carbocycles. The molecule has 0 aromatic carbocycles. The topological polar surface area (TPSA) is 35.5 Å². The highest BCUT2D eigenvalue weighted by Crippen LogP contribution is 2.58. The van der Waals surface area contributed by atoms with Crippen LogP contribution in [0.25, 0.3) is 0 Å². The average Bonchev–Trinajstić information content (AvgIpc) is 2.60. The highest BCUT2D eigenvalue weighted by Gasteiger charge is 2.52. The van der Waals surface area contributed by atoms with Crippen LogP contribution >= 0.6 is 0 Å². The zero-order valence-corrected chi connectivity index (χ0v) is 18.4. The van der Waals surface area contributed by atoms with Crippen molar-refractivity contribution in [2.75, 3.05) is 7.11 Å². The van der Waals surface area contributed by atoms with E-state index in [9.17, 15) is 4.79 Å². The number of carbonyl (C=O) groups is 1. The molecule has 1 heterocycles. The van der Waals surface area contributed by atoms with E-state index in [0.717, 1.165) is 31.4 Å². The largest absolute Gasteiger partial charge is 0.500 e. The van der Waals surface area contributed by atoms with Gasteiger partial charge in [0.1, 0.15) is 11.5 Å². The van der Waals surface area contributed by atoms with Crippen molar-refractivity contribution in [2.45, 2.75) is 66.7 Å². The van der Waals surface area contributed by atoms with Crippen LogP contribution in [0.4, 0.5) is 0 Å². The lowest BCUT2D eigenvalue weighted by Crippen LogP contribution is -2.43. The molecule has 0 saturated carbocycles. The van der Waals surface area contributed by atoms with Gasteiger partial charge in [-0.15, -0.1) is 6.58 Å². The van der Waals surface area contributed by atoms with Crippen molar-refractivity contribution in [3.63, 3.8) is 0 Å². The third kappa shape index (κ3) is 4.68. The molecule has 0 bridgehead atoms. The summed E-state index contributed by atoms with van der Waals surface area (Å²) in [5.41, 5.74) is 2.19. The van der Waals surface area contributed by atoms with E-state index in [1.165, 1.54) is 17.2 Å². The summed E-state index contributed by atoms with van der Waals surface area (Å²) in [5, 5.41) is 0. The fourth-order valence-electron chi connectivity index (χ4n) is 4.51. The highest BCUT2D eigenvalue weighted by atomic mass is 16.5. The maximum Gasteiger partial charge on any atom is 0.339 e. The van der Waals surface area contributed by atoms with Crippen LogP contribution in [0.3, 0.4) is 0 Å². The third-order valence-electron chi connectivity index (χ3n) is 6.15. The minimum absolute atomic E-state index is 0.0472. The lowest BCUT2D eigenvalue weighted by molar-refractivity contribution is -0.139. The predicted octanol–water partition coefficient (Wildman–Crippen LogP) is 6.65. The Morgan fingerprint density at radius 1 is 1.29 bits per heavy atom. The predicted molar refractivity (Wildman–Crippen MR) is 115 cm³/mol. The summed E-state index contributed by atoms with van der Waals surface area (Å²) in [4.78, 5) is 12.2. The summed E-state index contributed by atoms with van der Waals surface area (Å²) < 4.78 is 11.5. The molecule has 0 N–H and O–H groups in total. The van der Waals surface area contributed by atoms with E-state index >= 15 is 0 Å². The second-order valence-corrected chi connectivity index (χ2v) is 8.96. The maximum atomic E-state index is 12.2. The molecule has 2 aliphatic rings. The first kappa shape index (κ1) is 22.3. The summed E-state index contributed by atoms with van der Waals surface area (Å²) >= 11 is 0. The summed E-state index contributed by atoms with van der Waals surface area (Å²) in [6.07, 6.45) is 14.9. The molecule has 0 spiro atoms. The molecule has 0 radical (unpaired) electrons. The van der Waals surface area contributed by atoms with Crippen molar-refractivity contribution >= 4 is 5.97 Å². The molecule has 3 nitrogen and oxygen atoms in total. The van der Waals surface area contributed by atoms with E-state index in [-0.39, 0.29) is 11.4 Å². The van der Waals surface area contributed by atoms with E-state index in [4.69, 9.17) is 9.47 Å². The van der Waals surface area contributed by atoms with Gasteiger partial charge in [0, 0.05) is 0 Å². The lowest BCUT2D eigenvalue weighted by atomic mass is 9.57. The van der Waals surface area contributed by atoms with E-state index in [2.05, 4.69) is 59.4 Å². The standard InChI is InChI=1S/C25H36O3/c1-8-13-25-16-20(12-11-19(4)5)24(6,14-9-10-18(2)3)17-22(25)28-23(26)15-21(25)27-7/h8,10-11,15,17,20H,1,9,12-14,16H2,2-7H3/t20-,24-,25-/m0/s1. The zero-order chi connectivity index (χ0) is 20.9. The van der Waals surface area contributed by atoms with Gasteiger partial charge in [-0.3, -0.25) is 0 Å². The number of rotatable bonds is 8. The summed E-state index contributed by atoms with van der Waals surface area (Å²) in [7, 11) is 1.64.